The van der Waals surface area contributed by atoms with Gasteiger partial charge in [-0.2, -0.15) is 0 Å². The van der Waals surface area contributed by atoms with Crippen molar-refractivity contribution >= 4 is 47.5 Å². The van der Waals surface area contributed by atoms with E-state index in [9.17, 15) is 48.6 Å². The molecule has 6 unspecified atom stereocenters. The van der Waals surface area contributed by atoms with Gasteiger partial charge in [-0.1, -0.05) is 20.3 Å². The van der Waals surface area contributed by atoms with Gasteiger partial charge >= 0.3 is 23.9 Å². The average molecular weight is 605 g/mol. The quantitative estimate of drug-likeness (QED) is 0.0582. The molecule has 4 amide bonds. The fraction of sp³-hybridized carbons (Fsp3) is 0.667. The van der Waals surface area contributed by atoms with Crippen molar-refractivity contribution in [2.45, 2.75) is 89.0 Å². The van der Waals surface area contributed by atoms with Gasteiger partial charge in [-0.3, -0.25) is 33.6 Å². The third-order valence-corrected chi connectivity index (χ3v) is 6.11. The molecule has 42 heavy (non-hydrogen) atoms. The van der Waals surface area contributed by atoms with Crippen LogP contribution in [0.4, 0.5) is 0 Å². The van der Waals surface area contributed by atoms with Crippen LogP contribution >= 0.6 is 0 Å². The van der Waals surface area contributed by atoms with E-state index in [2.05, 4.69) is 10.6 Å². The van der Waals surface area contributed by atoms with Crippen LogP contribution in [0.15, 0.2) is 0 Å². The first kappa shape index (κ1) is 37.7. The predicted molar refractivity (Wildman–Crippen MR) is 142 cm³/mol. The minimum Gasteiger partial charge on any atom is -0.481 e. The lowest BCUT2D eigenvalue weighted by Crippen LogP contribution is -2.59. The summed E-state index contributed by atoms with van der Waals surface area (Å²) in [7, 11) is 0. The molecule has 0 bridgehead atoms. The molecule has 0 aliphatic heterocycles. The Labute approximate surface area is 240 Å². The Morgan fingerprint density at radius 3 is 1.48 bits per heavy atom. The molecular weight excluding hydrogens is 564 g/mol. The third kappa shape index (κ3) is 14.4. The van der Waals surface area contributed by atoms with E-state index in [0.717, 1.165) is 0 Å². The van der Waals surface area contributed by atoms with E-state index in [4.69, 9.17) is 21.7 Å². The molecule has 0 aromatic rings. The number of carbonyl (C=O) groups is 8. The monoisotopic (exact) mass is 604 g/mol. The summed E-state index contributed by atoms with van der Waals surface area (Å²) in [6.07, 6.45) is -1.76. The molecule has 0 saturated carbocycles. The van der Waals surface area contributed by atoms with Gasteiger partial charge in [0, 0.05) is 0 Å². The van der Waals surface area contributed by atoms with Gasteiger partial charge < -0.3 is 53.2 Å². The number of carboxylic acid groups (broad SMARTS) is 4. The maximum Gasteiger partial charge on any atom is 0.326 e. The van der Waals surface area contributed by atoms with E-state index in [1.807, 2.05) is 10.6 Å². The first-order valence-corrected chi connectivity index (χ1v) is 13.1. The highest BCUT2D eigenvalue weighted by molar-refractivity contribution is 5.98. The molecule has 0 radical (unpaired) electrons. The molecule has 0 spiro atoms. The van der Waals surface area contributed by atoms with E-state index >= 15 is 0 Å². The van der Waals surface area contributed by atoms with Crippen LogP contribution in [-0.4, -0.2) is 105 Å². The first-order chi connectivity index (χ1) is 19.5. The van der Waals surface area contributed by atoms with Gasteiger partial charge in [-0.15, -0.1) is 0 Å². The molecule has 0 heterocycles. The zero-order valence-electron chi connectivity index (χ0n) is 23.3. The summed E-state index contributed by atoms with van der Waals surface area (Å²) in [5.41, 5.74) is 10.9. The molecule has 0 aliphatic rings. The van der Waals surface area contributed by atoms with Gasteiger partial charge in [-0.25, -0.2) is 4.79 Å². The highest BCUT2D eigenvalue weighted by atomic mass is 16.4. The van der Waals surface area contributed by atoms with E-state index in [1.165, 1.54) is 0 Å². The highest BCUT2D eigenvalue weighted by Crippen LogP contribution is 2.10. The Bertz CT molecular complexity index is 1010. The fourth-order valence-corrected chi connectivity index (χ4v) is 3.57. The van der Waals surface area contributed by atoms with Crippen LogP contribution in [-0.2, 0) is 38.4 Å². The van der Waals surface area contributed by atoms with Crippen molar-refractivity contribution in [2.24, 2.45) is 17.4 Å². The van der Waals surface area contributed by atoms with E-state index in [0.29, 0.717) is 19.3 Å². The molecule has 18 nitrogen and oxygen atoms in total. The van der Waals surface area contributed by atoms with Crippen molar-refractivity contribution in [3.8, 4) is 0 Å². The number of rotatable bonds is 21. The zero-order chi connectivity index (χ0) is 32.6. The van der Waals surface area contributed by atoms with Crippen molar-refractivity contribution in [1.82, 2.24) is 21.3 Å². The summed E-state index contributed by atoms with van der Waals surface area (Å²) < 4.78 is 0. The summed E-state index contributed by atoms with van der Waals surface area (Å²) in [6, 6.07) is -8.05. The van der Waals surface area contributed by atoms with Crippen molar-refractivity contribution < 1.29 is 58.8 Å². The number of hydrogen-bond acceptors (Lipinski definition) is 10. The van der Waals surface area contributed by atoms with Crippen molar-refractivity contribution in [3.63, 3.8) is 0 Å². The Kier molecular flexibility index (Phi) is 17.0. The second kappa shape index (κ2) is 18.9. The van der Waals surface area contributed by atoms with Crippen LogP contribution in [0.25, 0.3) is 0 Å². The van der Waals surface area contributed by atoms with Crippen LogP contribution in [0.5, 0.6) is 0 Å². The van der Waals surface area contributed by atoms with Gasteiger partial charge in [0.25, 0.3) is 0 Å². The minimum atomic E-state index is -1.88. The standard InChI is InChI=1S/C24H40N6O12/c1-3-11(2)19(24(41)42)30-21(38)13(6-4-5-7-25)27-22(39)15(10-18(35)36)29-23(40)14(9-17(33)34)28-20(37)12(26)8-16(31)32/h11-15,19H,3-10,25-26H2,1-2H3,(H,27,39)(H,28,37)(H,29,40)(H,30,38)(H,31,32)(H,33,34)(H,35,36)(H,41,42). The summed E-state index contributed by atoms with van der Waals surface area (Å²) in [6.45, 7) is 3.56. The largest absolute Gasteiger partial charge is 0.481 e. The minimum absolute atomic E-state index is 0.0193. The first-order valence-electron chi connectivity index (χ1n) is 13.1. The van der Waals surface area contributed by atoms with Crippen molar-refractivity contribution in [3.05, 3.63) is 0 Å². The van der Waals surface area contributed by atoms with Gasteiger partial charge in [0.1, 0.15) is 24.2 Å². The number of nitrogens with two attached hydrogens (primary N) is 2. The van der Waals surface area contributed by atoms with Crippen LogP contribution in [0.1, 0.15) is 58.8 Å². The molecular formula is C24H40N6O12. The van der Waals surface area contributed by atoms with Gasteiger partial charge in [0.2, 0.25) is 23.6 Å². The second-order valence-corrected chi connectivity index (χ2v) is 9.58. The molecule has 0 aromatic heterocycles. The van der Waals surface area contributed by atoms with Crippen molar-refractivity contribution in [1.29, 1.82) is 0 Å². The molecule has 238 valence electrons. The summed E-state index contributed by atoms with van der Waals surface area (Å²) in [5, 5.41) is 45.4. The Hall–Kier alpha value is -4.32. The number of unbranched alkanes of at least 4 members (excludes halogenated alkanes) is 1. The lowest BCUT2D eigenvalue weighted by Gasteiger charge is -2.26. The van der Waals surface area contributed by atoms with Crippen molar-refractivity contribution in [2.75, 3.05) is 6.54 Å². The number of amides is 4. The molecule has 12 N–H and O–H groups in total. The van der Waals surface area contributed by atoms with Gasteiger partial charge in [0.15, 0.2) is 0 Å². The normalized spacial score (nSPS) is 15.0. The summed E-state index contributed by atoms with van der Waals surface area (Å²) in [4.78, 5) is 96.2. The lowest BCUT2D eigenvalue weighted by atomic mass is 9.98. The number of carboxylic acids is 4. The van der Waals surface area contributed by atoms with Gasteiger partial charge in [-0.05, 0) is 31.7 Å². The SMILES string of the molecule is CCC(C)C(NC(=O)C(CCCCN)NC(=O)C(CC(=O)O)NC(=O)C(CC(=O)O)NC(=O)C(N)CC(=O)O)C(=O)O. The molecule has 0 aliphatic carbocycles. The Balaban J connectivity index is 5.95. The lowest BCUT2D eigenvalue weighted by molar-refractivity contribution is -0.144. The zero-order valence-corrected chi connectivity index (χ0v) is 23.3. The number of carbonyl (C=O) groups excluding carboxylic acids is 4. The third-order valence-electron chi connectivity index (χ3n) is 6.11. The van der Waals surface area contributed by atoms with Crippen LogP contribution in [0.2, 0.25) is 0 Å². The molecule has 0 rings (SSSR count). The van der Waals surface area contributed by atoms with Gasteiger partial charge in [0.05, 0.1) is 25.3 Å². The molecule has 6 atom stereocenters. The smallest absolute Gasteiger partial charge is 0.326 e. The number of nitrogens with one attached hydrogen (secondary N) is 4. The van der Waals surface area contributed by atoms with E-state index in [1.54, 1.807) is 13.8 Å². The number of hydrogen-bond donors (Lipinski definition) is 10. The van der Waals surface area contributed by atoms with Crippen LogP contribution in [0, 0.1) is 5.92 Å². The van der Waals surface area contributed by atoms with E-state index < -0.39 is 103 Å². The Morgan fingerprint density at radius 1 is 0.643 bits per heavy atom. The molecule has 0 aromatic carbocycles. The van der Waals surface area contributed by atoms with E-state index in [-0.39, 0.29) is 13.0 Å². The maximum absolute atomic E-state index is 13.1. The number of aliphatic carboxylic acids is 4. The molecule has 0 fully saturated rings. The summed E-state index contributed by atoms with van der Waals surface area (Å²) >= 11 is 0. The predicted octanol–water partition coefficient (Wildman–Crippen LogP) is -3.06. The highest BCUT2D eigenvalue weighted by Gasteiger charge is 2.34. The fourth-order valence-electron chi connectivity index (χ4n) is 3.57. The molecule has 18 heteroatoms. The van der Waals surface area contributed by atoms with Crippen LogP contribution in [0.3, 0.4) is 0 Å². The maximum atomic E-state index is 13.1. The topological polar surface area (TPSA) is 318 Å². The summed E-state index contributed by atoms with van der Waals surface area (Å²) in [5.74, 6) is -10.9. The van der Waals surface area contributed by atoms with Crippen LogP contribution < -0.4 is 32.7 Å². The molecule has 0 saturated heterocycles. The average Bonchev–Trinajstić information content (AvgIpc) is 2.88. The Morgan fingerprint density at radius 2 is 1.07 bits per heavy atom. The second-order valence-electron chi connectivity index (χ2n) is 9.58.